The maximum Gasteiger partial charge on any atom is 0.342 e. The van der Waals surface area contributed by atoms with Gasteiger partial charge in [0.05, 0.1) is 17.7 Å². The molecule has 0 saturated heterocycles. The second-order valence-electron chi connectivity index (χ2n) is 11.8. The van der Waals surface area contributed by atoms with Gasteiger partial charge in [-0.2, -0.15) is 5.10 Å². The van der Waals surface area contributed by atoms with E-state index in [9.17, 15) is 24.9 Å². The molecule has 4 aliphatic carbocycles. The molecule has 0 amide bonds. The van der Waals surface area contributed by atoms with Gasteiger partial charge in [0.2, 0.25) is 0 Å². The molecule has 8 atom stereocenters. The predicted molar refractivity (Wildman–Crippen MR) is 127 cm³/mol. The lowest BCUT2D eigenvalue weighted by molar-refractivity contribution is -0.190. The number of fused-ring (bicyclic) bond motifs is 3. The van der Waals surface area contributed by atoms with Gasteiger partial charge in [-0.3, -0.25) is 9.48 Å². The molecule has 0 aromatic carbocycles. The van der Waals surface area contributed by atoms with Gasteiger partial charge in [0, 0.05) is 18.7 Å². The maximum absolute atomic E-state index is 14.4. The summed E-state index contributed by atoms with van der Waals surface area (Å²) in [6.07, 6.45) is 1.29. The van der Waals surface area contributed by atoms with Crippen LogP contribution in [0.1, 0.15) is 55.9 Å². The number of aromatic nitrogens is 2. The molecule has 0 aliphatic heterocycles. The highest BCUT2D eigenvalue weighted by Gasteiger charge is 2.76. The topological polar surface area (TPSA) is 122 Å². The number of aliphatic hydroxyl groups is 3. The average molecular weight is 485 g/mol. The third-order valence-corrected chi connectivity index (χ3v) is 9.83. The third-order valence-electron chi connectivity index (χ3n) is 9.83. The molecule has 35 heavy (non-hydrogen) atoms. The van der Waals surface area contributed by atoms with Gasteiger partial charge < -0.3 is 20.1 Å². The lowest BCUT2D eigenvalue weighted by Gasteiger charge is -2.48. The normalized spacial score (nSPS) is 41.3. The number of nitrogens with zero attached hydrogens (tertiary/aromatic N) is 2. The van der Waals surface area contributed by atoms with Crippen molar-refractivity contribution in [1.29, 1.82) is 0 Å². The number of allylic oxidation sites excluding steroid dienone is 1. The zero-order chi connectivity index (χ0) is 25.8. The van der Waals surface area contributed by atoms with E-state index >= 15 is 0 Å². The molecule has 1 aromatic rings. The second kappa shape index (κ2) is 7.37. The van der Waals surface area contributed by atoms with E-state index in [1.807, 2.05) is 6.92 Å². The summed E-state index contributed by atoms with van der Waals surface area (Å²) >= 11 is 0. The van der Waals surface area contributed by atoms with Crippen LogP contribution in [0.4, 0.5) is 0 Å². The number of aliphatic hydroxyl groups excluding tert-OH is 2. The molecule has 8 heteroatoms. The predicted octanol–water partition coefficient (Wildman–Crippen LogP) is 2.03. The van der Waals surface area contributed by atoms with Crippen LogP contribution in [-0.4, -0.2) is 61.3 Å². The van der Waals surface area contributed by atoms with Crippen LogP contribution in [0.15, 0.2) is 23.3 Å². The minimum atomic E-state index is -2.14. The third kappa shape index (κ3) is 2.82. The van der Waals surface area contributed by atoms with E-state index in [0.29, 0.717) is 28.9 Å². The Morgan fingerprint density at radius 2 is 1.94 bits per heavy atom. The van der Waals surface area contributed by atoms with Crippen molar-refractivity contribution < 1.29 is 29.6 Å². The highest BCUT2D eigenvalue weighted by molar-refractivity contribution is 5.96. The molecule has 190 valence electrons. The lowest BCUT2D eigenvalue weighted by Crippen LogP contribution is -2.65. The Morgan fingerprint density at radius 3 is 2.51 bits per heavy atom. The summed E-state index contributed by atoms with van der Waals surface area (Å²) in [7, 11) is 1.73. The van der Waals surface area contributed by atoms with Crippen LogP contribution in [-0.2, 0) is 16.6 Å². The van der Waals surface area contributed by atoms with Gasteiger partial charge in [-0.05, 0) is 61.5 Å². The molecule has 2 fully saturated rings. The molecule has 0 radical (unpaired) electrons. The summed E-state index contributed by atoms with van der Waals surface area (Å²) in [5.41, 5.74) is -1.50. The smallest absolute Gasteiger partial charge is 0.342 e. The monoisotopic (exact) mass is 484 g/mol. The van der Waals surface area contributed by atoms with E-state index in [0.717, 1.165) is 0 Å². The van der Waals surface area contributed by atoms with Gasteiger partial charge in [0.15, 0.2) is 17.5 Å². The first-order valence-corrected chi connectivity index (χ1v) is 12.4. The molecule has 2 saturated carbocycles. The van der Waals surface area contributed by atoms with Crippen molar-refractivity contribution in [1.82, 2.24) is 9.78 Å². The number of rotatable bonds is 3. The van der Waals surface area contributed by atoms with Crippen molar-refractivity contribution >= 4 is 11.8 Å². The first kappa shape index (κ1) is 24.4. The van der Waals surface area contributed by atoms with Crippen molar-refractivity contribution in [2.45, 2.75) is 65.8 Å². The number of aryl methyl sites for hydroxylation is 2. The van der Waals surface area contributed by atoms with E-state index in [-0.39, 0.29) is 34.5 Å². The molecule has 0 unspecified atom stereocenters. The minimum Gasteiger partial charge on any atom is -0.451 e. The van der Waals surface area contributed by atoms with Gasteiger partial charge in [-0.25, -0.2) is 4.79 Å². The molecule has 1 heterocycles. The quantitative estimate of drug-likeness (QED) is 0.443. The van der Waals surface area contributed by atoms with Crippen molar-refractivity contribution in [2.75, 3.05) is 6.61 Å². The number of ketones is 1. The first-order valence-electron chi connectivity index (χ1n) is 12.4. The van der Waals surface area contributed by atoms with Gasteiger partial charge >= 0.3 is 5.97 Å². The molecular formula is C27H36N2O6. The van der Waals surface area contributed by atoms with Crippen molar-refractivity contribution in [3.8, 4) is 0 Å². The van der Waals surface area contributed by atoms with Crippen LogP contribution in [0.5, 0.6) is 0 Å². The first-order chi connectivity index (χ1) is 16.2. The van der Waals surface area contributed by atoms with Crippen LogP contribution < -0.4 is 0 Å². The Hall–Kier alpha value is -2.29. The summed E-state index contributed by atoms with van der Waals surface area (Å²) in [6.45, 7) is 10.9. The summed E-state index contributed by atoms with van der Waals surface area (Å²) in [5, 5.41) is 38.5. The summed E-state index contributed by atoms with van der Waals surface area (Å²) in [4.78, 5) is 27.7. The fourth-order valence-electron chi connectivity index (χ4n) is 7.83. The summed E-state index contributed by atoms with van der Waals surface area (Å²) < 4.78 is 7.53. The Balaban J connectivity index is 1.65. The minimum absolute atomic E-state index is 0.0424. The largest absolute Gasteiger partial charge is 0.451 e. The highest BCUT2D eigenvalue weighted by atomic mass is 16.6. The van der Waals surface area contributed by atoms with E-state index in [1.54, 1.807) is 44.7 Å². The molecule has 5 rings (SSSR count). The van der Waals surface area contributed by atoms with Gasteiger partial charge in [0.25, 0.3) is 0 Å². The van der Waals surface area contributed by atoms with Crippen LogP contribution in [0, 0.1) is 48.3 Å². The number of hydrogen-bond acceptors (Lipinski definition) is 7. The standard InChI is InChI=1S/C27H36N2O6/c1-12-10-26-13(2)8-18-20(25(18,5)6)17(22(26)32)9-16(11-30)21(31)27(26,34)23(12)35-24(33)19-14(3)28-29(7)15(19)4/h9-10,13,17-18,20-21,23,30-31,34H,8,11H2,1-7H3/t13-,17+,18-,20+,21-,23+,26+,27+/m1/s1. The molecular weight excluding hydrogens is 448 g/mol. The molecule has 8 nitrogen and oxygen atoms in total. The van der Waals surface area contributed by atoms with E-state index in [1.165, 1.54) is 0 Å². The van der Waals surface area contributed by atoms with Crippen molar-refractivity contribution in [3.63, 3.8) is 0 Å². The fourth-order valence-corrected chi connectivity index (χ4v) is 7.83. The Labute approximate surface area is 205 Å². The lowest BCUT2D eigenvalue weighted by atomic mass is 9.59. The summed E-state index contributed by atoms with van der Waals surface area (Å²) in [6, 6.07) is 0. The van der Waals surface area contributed by atoms with Crippen LogP contribution in [0.25, 0.3) is 0 Å². The zero-order valence-electron chi connectivity index (χ0n) is 21.5. The molecule has 1 aromatic heterocycles. The van der Waals surface area contributed by atoms with Gasteiger partial charge in [-0.1, -0.05) is 32.9 Å². The van der Waals surface area contributed by atoms with Crippen LogP contribution >= 0.6 is 0 Å². The number of carbonyl (C=O) groups is 2. The number of Topliss-reactive ketones (excluding diaryl/α,β-unsaturated/α-hetero) is 1. The Kier molecular flexibility index (Phi) is 5.14. The Bertz CT molecular complexity index is 1190. The second-order valence-corrected chi connectivity index (χ2v) is 11.8. The maximum atomic E-state index is 14.4. The van der Waals surface area contributed by atoms with Crippen LogP contribution in [0.2, 0.25) is 0 Å². The van der Waals surface area contributed by atoms with Gasteiger partial charge in [-0.15, -0.1) is 0 Å². The number of esters is 1. The zero-order valence-corrected chi connectivity index (χ0v) is 21.5. The average Bonchev–Trinajstić information content (AvgIpc) is 3.14. The van der Waals surface area contributed by atoms with Gasteiger partial charge in [0.1, 0.15) is 11.7 Å². The molecule has 1 spiro atoms. The van der Waals surface area contributed by atoms with E-state index in [4.69, 9.17) is 4.74 Å². The fraction of sp³-hybridized carbons (Fsp3) is 0.667. The molecule has 3 N–H and O–H groups in total. The Morgan fingerprint density at radius 1 is 1.29 bits per heavy atom. The molecule has 4 aliphatic rings. The number of ether oxygens (including phenoxy) is 1. The van der Waals surface area contributed by atoms with Crippen LogP contribution in [0.3, 0.4) is 0 Å². The molecule has 2 bridgehead atoms. The van der Waals surface area contributed by atoms with Crippen molar-refractivity contribution in [2.24, 2.45) is 41.5 Å². The SMILES string of the molecule is CC1=C[C@]23C(=O)[C@@H](C=C(CO)[C@@H](O)[C@]2(O)[C@H]1OC(=O)c1c(C)nn(C)c1C)[C@H]1[C@@H](C[C@H]3C)C1(C)C. The van der Waals surface area contributed by atoms with E-state index in [2.05, 4.69) is 18.9 Å². The number of hydrogen-bond donors (Lipinski definition) is 3. The van der Waals surface area contributed by atoms with Crippen molar-refractivity contribution in [3.05, 3.63) is 40.2 Å². The highest BCUT2D eigenvalue weighted by Crippen LogP contribution is 2.71. The number of carbonyl (C=O) groups excluding carboxylic acids is 2. The summed E-state index contributed by atoms with van der Waals surface area (Å²) in [5.74, 6) is -1.31. The van der Waals surface area contributed by atoms with E-state index < -0.39 is 41.7 Å².